The Kier molecular flexibility index (Phi) is 2.42. The molecule has 2 aliphatic rings. The molecule has 3 rings (SSSR count). The van der Waals surface area contributed by atoms with Crippen LogP contribution in [-0.2, 0) is 4.79 Å². The lowest BCUT2D eigenvalue weighted by molar-refractivity contribution is -0.151. The predicted molar refractivity (Wildman–Crippen MR) is 61.3 cm³/mol. The zero-order valence-electron chi connectivity index (χ0n) is 9.62. The van der Waals surface area contributed by atoms with Crippen LogP contribution in [0.15, 0.2) is 24.3 Å². The summed E-state index contributed by atoms with van der Waals surface area (Å²) < 4.78 is 18.6. The van der Waals surface area contributed by atoms with Crippen molar-refractivity contribution in [3.63, 3.8) is 0 Å². The van der Waals surface area contributed by atoms with Gasteiger partial charge < -0.3 is 4.74 Å². The van der Waals surface area contributed by atoms with Crippen molar-refractivity contribution < 1.29 is 13.9 Å². The Morgan fingerprint density at radius 1 is 1.18 bits per heavy atom. The molecule has 17 heavy (non-hydrogen) atoms. The number of carbonyl (C=O) groups is 1. The van der Waals surface area contributed by atoms with E-state index in [9.17, 15) is 9.18 Å². The second-order valence-corrected chi connectivity index (χ2v) is 5.05. The van der Waals surface area contributed by atoms with Gasteiger partial charge in [-0.15, -0.1) is 0 Å². The summed E-state index contributed by atoms with van der Waals surface area (Å²) in [4.78, 5) is 11.8. The topological polar surface area (TPSA) is 26.3 Å². The van der Waals surface area contributed by atoms with Gasteiger partial charge in [-0.2, -0.15) is 0 Å². The molecule has 0 bridgehead atoms. The van der Waals surface area contributed by atoms with Crippen molar-refractivity contribution in [1.82, 2.24) is 0 Å². The first-order valence-electron chi connectivity index (χ1n) is 6.16. The van der Waals surface area contributed by atoms with Crippen LogP contribution in [-0.4, -0.2) is 11.9 Å². The van der Waals surface area contributed by atoms with Crippen LogP contribution >= 0.6 is 0 Å². The van der Waals surface area contributed by atoms with E-state index in [1.54, 1.807) is 12.1 Å². The number of Topliss-reactive ketones (excluding diaryl/α,β-unsaturated/α-hetero) is 1. The second kappa shape index (κ2) is 3.83. The second-order valence-electron chi connectivity index (χ2n) is 5.05. The number of rotatable bonds is 2. The highest BCUT2D eigenvalue weighted by Crippen LogP contribution is 2.51. The highest BCUT2D eigenvalue weighted by Gasteiger charge is 2.57. The van der Waals surface area contributed by atoms with E-state index in [1.807, 2.05) is 0 Å². The third kappa shape index (κ3) is 1.65. The van der Waals surface area contributed by atoms with E-state index < -0.39 is 0 Å². The van der Waals surface area contributed by atoms with Gasteiger partial charge in [-0.1, -0.05) is 12.8 Å². The van der Waals surface area contributed by atoms with Gasteiger partial charge in [-0.3, -0.25) is 4.79 Å². The summed E-state index contributed by atoms with van der Waals surface area (Å²) in [5, 5.41) is 0. The molecule has 2 saturated carbocycles. The van der Waals surface area contributed by atoms with Gasteiger partial charge in [0.05, 0.1) is 5.41 Å². The first-order chi connectivity index (χ1) is 8.21. The summed E-state index contributed by atoms with van der Waals surface area (Å²) >= 11 is 0. The van der Waals surface area contributed by atoms with Crippen LogP contribution in [0.25, 0.3) is 0 Å². The molecular formula is C14H15FO2. The molecule has 0 saturated heterocycles. The fourth-order valence-corrected chi connectivity index (χ4v) is 3.05. The van der Waals surface area contributed by atoms with Gasteiger partial charge in [-0.05, 0) is 37.1 Å². The summed E-state index contributed by atoms with van der Waals surface area (Å²) in [6, 6.07) is 6.02. The van der Waals surface area contributed by atoms with E-state index >= 15 is 0 Å². The van der Waals surface area contributed by atoms with Crippen molar-refractivity contribution in [2.45, 2.75) is 38.2 Å². The molecule has 1 spiro atoms. The van der Waals surface area contributed by atoms with Gasteiger partial charge in [-0.25, -0.2) is 4.39 Å². The van der Waals surface area contributed by atoms with Gasteiger partial charge in [0.25, 0.3) is 0 Å². The summed E-state index contributed by atoms with van der Waals surface area (Å²) in [5.41, 5.74) is -0.214. The van der Waals surface area contributed by atoms with E-state index in [-0.39, 0.29) is 17.3 Å². The SMILES string of the molecule is O=C1CC(Oc2ccc(F)cc2)C12CCCC2. The maximum atomic E-state index is 12.8. The molecular weight excluding hydrogens is 219 g/mol. The molecule has 0 N–H and O–H groups in total. The minimum atomic E-state index is -0.266. The minimum Gasteiger partial charge on any atom is -0.489 e. The average molecular weight is 234 g/mol. The fourth-order valence-electron chi connectivity index (χ4n) is 3.05. The maximum Gasteiger partial charge on any atom is 0.146 e. The quantitative estimate of drug-likeness (QED) is 0.786. The van der Waals surface area contributed by atoms with Crippen molar-refractivity contribution in [1.29, 1.82) is 0 Å². The summed E-state index contributed by atoms with van der Waals surface area (Å²) in [5.74, 6) is 0.745. The lowest BCUT2D eigenvalue weighted by Crippen LogP contribution is -2.55. The number of halogens is 1. The number of ketones is 1. The van der Waals surface area contributed by atoms with Gasteiger partial charge in [0.2, 0.25) is 0 Å². The highest BCUT2D eigenvalue weighted by molar-refractivity contribution is 5.92. The Morgan fingerprint density at radius 3 is 2.41 bits per heavy atom. The molecule has 90 valence electrons. The van der Waals surface area contributed by atoms with E-state index in [0.717, 1.165) is 25.7 Å². The van der Waals surface area contributed by atoms with Gasteiger partial charge in [0, 0.05) is 6.42 Å². The molecule has 1 unspecified atom stereocenters. The van der Waals surface area contributed by atoms with Crippen LogP contribution in [0.1, 0.15) is 32.1 Å². The van der Waals surface area contributed by atoms with Gasteiger partial charge in [0.15, 0.2) is 0 Å². The molecule has 0 heterocycles. The standard InChI is InChI=1S/C14H15FO2/c15-10-3-5-11(6-4-10)17-13-9-12(16)14(13)7-1-2-8-14/h3-6,13H,1-2,7-9H2. The van der Waals surface area contributed by atoms with Crippen molar-refractivity contribution in [3.05, 3.63) is 30.1 Å². The maximum absolute atomic E-state index is 12.8. The van der Waals surface area contributed by atoms with E-state index in [1.165, 1.54) is 12.1 Å². The zero-order valence-corrected chi connectivity index (χ0v) is 9.62. The molecule has 1 atom stereocenters. The first kappa shape index (κ1) is 10.8. The van der Waals surface area contributed by atoms with E-state index in [0.29, 0.717) is 18.0 Å². The fraction of sp³-hybridized carbons (Fsp3) is 0.500. The lowest BCUT2D eigenvalue weighted by Gasteiger charge is -2.44. The monoisotopic (exact) mass is 234 g/mol. The molecule has 2 aliphatic carbocycles. The third-order valence-corrected chi connectivity index (χ3v) is 4.13. The van der Waals surface area contributed by atoms with Crippen LogP contribution < -0.4 is 4.74 Å². The minimum absolute atomic E-state index is 0.00274. The number of carbonyl (C=O) groups excluding carboxylic acids is 1. The Labute approximate surface area is 99.8 Å². The van der Waals surface area contributed by atoms with Crippen molar-refractivity contribution in [3.8, 4) is 5.75 Å². The number of ether oxygens (including phenoxy) is 1. The summed E-state index contributed by atoms with van der Waals surface area (Å²) in [7, 11) is 0. The van der Waals surface area contributed by atoms with Crippen molar-refractivity contribution in [2.75, 3.05) is 0 Å². The molecule has 3 heteroatoms. The molecule has 2 nitrogen and oxygen atoms in total. The Morgan fingerprint density at radius 2 is 1.82 bits per heavy atom. The van der Waals surface area contributed by atoms with Crippen LogP contribution in [0.5, 0.6) is 5.75 Å². The number of benzene rings is 1. The van der Waals surface area contributed by atoms with Crippen LogP contribution in [0.3, 0.4) is 0 Å². The van der Waals surface area contributed by atoms with Crippen molar-refractivity contribution in [2.24, 2.45) is 5.41 Å². The smallest absolute Gasteiger partial charge is 0.146 e. The molecule has 2 fully saturated rings. The van der Waals surface area contributed by atoms with Crippen LogP contribution in [0.4, 0.5) is 4.39 Å². The number of hydrogen-bond donors (Lipinski definition) is 0. The Balaban J connectivity index is 1.74. The third-order valence-electron chi connectivity index (χ3n) is 4.13. The molecule has 1 aromatic rings. The average Bonchev–Trinajstić information content (AvgIpc) is 2.83. The van der Waals surface area contributed by atoms with Crippen LogP contribution in [0, 0.1) is 11.2 Å². The highest BCUT2D eigenvalue weighted by atomic mass is 19.1. The molecule has 0 radical (unpaired) electrons. The Bertz CT molecular complexity index is 432. The predicted octanol–water partition coefficient (Wildman–Crippen LogP) is 3.11. The molecule has 0 aromatic heterocycles. The van der Waals surface area contributed by atoms with Crippen molar-refractivity contribution >= 4 is 5.78 Å². The normalized spacial score (nSPS) is 25.9. The largest absolute Gasteiger partial charge is 0.489 e. The van der Waals surface area contributed by atoms with Gasteiger partial charge in [0.1, 0.15) is 23.5 Å². The van der Waals surface area contributed by atoms with Crippen LogP contribution in [0.2, 0.25) is 0 Å². The number of hydrogen-bond acceptors (Lipinski definition) is 2. The van der Waals surface area contributed by atoms with E-state index in [4.69, 9.17) is 4.74 Å². The van der Waals surface area contributed by atoms with E-state index in [2.05, 4.69) is 0 Å². The zero-order chi connectivity index (χ0) is 11.9. The molecule has 0 aliphatic heterocycles. The van der Waals surface area contributed by atoms with Gasteiger partial charge >= 0.3 is 0 Å². The molecule has 0 amide bonds. The molecule has 1 aromatic carbocycles. The first-order valence-corrected chi connectivity index (χ1v) is 6.16. The lowest BCUT2D eigenvalue weighted by atomic mass is 9.63. The summed E-state index contributed by atoms with van der Waals surface area (Å²) in [6.45, 7) is 0. The Hall–Kier alpha value is -1.38. The summed E-state index contributed by atoms with van der Waals surface area (Å²) in [6.07, 6.45) is 4.67.